The highest BCUT2D eigenvalue weighted by atomic mass is 28.4. The summed E-state index contributed by atoms with van der Waals surface area (Å²) < 4.78 is 18.3. The Kier molecular flexibility index (Phi) is 12.9. The Hall–Kier alpha value is 0.0969. The predicted octanol–water partition coefficient (Wildman–Crippen LogP) is 5.17. The largest absolute Gasteiger partial charge is 0.501 e. The fourth-order valence-corrected chi connectivity index (χ4v) is 5.31. The van der Waals surface area contributed by atoms with Crippen molar-refractivity contribution in [2.45, 2.75) is 91.7 Å². The fraction of sp³-hybridized carbons (Fsp3) is 1.00. The van der Waals surface area contributed by atoms with E-state index in [9.17, 15) is 0 Å². The number of hydrogen-bond donors (Lipinski definition) is 0. The molecule has 0 saturated carbocycles. The second-order valence-corrected chi connectivity index (χ2v) is 8.11. The molecular formula is C16H36O3Si. The van der Waals surface area contributed by atoms with Gasteiger partial charge >= 0.3 is 8.80 Å². The molecule has 0 bridgehead atoms. The van der Waals surface area contributed by atoms with Crippen molar-refractivity contribution in [2.75, 3.05) is 13.2 Å². The summed E-state index contributed by atoms with van der Waals surface area (Å²) in [5, 5.41) is 0. The van der Waals surface area contributed by atoms with Gasteiger partial charge in [0.25, 0.3) is 0 Å². The molecular weight excluding hydrogens is 268 g/mol. The lowest BCUT2D eigenvalue weighted by Crippen LogP contribution is -2.48. The van der Waals surface area contributed by atoms with E-state index in [4.69, 9.17) is 13.3 Å². The smallest absolute Gasteiger partial charge is 0.374 e. The molecule has 0 spiro atoms. The molecule has 0 aliphatic carbocycles. The summed E-state index contributed by atoms with van der Waals surface area (Å²) >= 11 is 0. The lowest BCUT2D eigenvalue weighted by molar-refractivity contribution is 0.0343. The first kappa shape index (κ1) is 20.1. The highest BCUT2D eigenvalue weighted by Gasteiger charge is 2.41. The molecule has 0 fully saturated rings. The summed E-state index contributed by atoms with van der Waals surface area (Å²) in [4.78, 5) is 0. The van der Waals surface area contributed by atoms with Gasteiger partial charge in [0.1, 0.15) is 0 Å². The SMILES string of the molecule is CCCCCC(C)O[Si](CCCCC)(OCC)OCC. The maximum absolute atomic E-state index is 6.31. The standard InChI is InChI=1S/C16H36O3Si/c1-6-10-12-14-16(5)19-20(17-8-3,18-9-4)15-13-11-7-2/h16H,6-15H2,1-5H3. The topological polar surface area (TPSA) is 27.7 Å². The zero-order valence-electron chi connectivity index (χ0n) is 14.4. The van der Waals surface area contributed by atoms with Crippen LogP contribution in [0.4, 0.5) is 0 Å². The molecule has 0 aromatic rings. The number of rotatable bonds is 14. The minimum absolute atomic E-state index is 0.243. The fourth-order valence-electron chi connectivity index (χ4n) is 2.39. The van der Waals surface area contributed by atoms with Crippen molar-refractivity contribution in [3.05, 3.63) is 0 Å². The second-order valence-electron chi connectivity index (χ2n) is 5.43. The monoisotopic (exact) mass is 304 g/mol. The molecule has 1 atom stereocenters. The third-order valence-electron chi connectivity index (χ3n) is 3.41. The highest BCUT2D eigenvalue weighted by Crippen LogP contribution is 2.23. The van der Waals surface area contributed by atoms with Gasteiger partial charge in [0, 0.05) is 25.4 Å². The maximum atomic E-state index is 6.31. The van der Waals surface area contributed by atoms with Crippen LogP contribution in [-0.4, -0.2) is 28.1 Å². The van der Waals surface area contributed by atoms with Gasteiger partial charge in [-0.25, -0.2) is 0 Å². The molecule has 0 heterocycles. The van der Waals surface area contributed by atoms with Crippen LogP contribution in [0.2, 0.25) is 6.04 Å². The van der Waals surface area contributed by atoms with Crippen molar-refractivity contribution in [1.29, 1.82) is 0 Å². The van der Waals surface area contributed by atoms with Crippen molar-refractivity contribution in [2.24, 2.45) is 0 Å². The van der Waals surface area contributed by atoms with E-state index in [1.165, 1.54) is 32.1 Å². The lowest BCUT2D eigenvalue weighted by atomic mass is 10.1. The van der Waals surface area contributed by atoms with E-state index in [-0.39, 0.29) is 6.10 Å². The van der Waals surface area contributed by atoms with Crippen LogP contribution in [0, 0.1) is 0 Å². The van der Waals surface area contributed by atoms with Crippen LogP contribution in [0.5, 0.6) is 0 Å². The van der Waals surface area contributed by atoms with Crippen molar-refractivity contribution in [3.63, 3.8) is 0 Å². The van der Waals surface area contributed by atoms with Gasteiger partial charge < -0.3 is 13.3 Å². The van der Waals surface area contributed by atoms with Crippen LogP contribution >= 0.6 is 0 Å². The van der Waals surface area contributed by atoms with Crippen molar-refractivity contribution >= 4 is 8.80 Å². The molecule has 0 aliphatic rings. The maximum Gasteiger partial charge on any atom is 0.501 e. The summed E-state index contributed by atoms with van der Waals surface area (Å²) in [6.07, 6.45) is 8.70. The molecule has 0 N–H and O–H groups in total. The Morgan fingerprint density at radius 2 is 1.35 bits per heavy atom. The Balaban J connectivity index is 4.44. The molecule has 122 valence electrons. The van der Waals surface area contributed by atoms with E-state index >= 15 is 0 Å². The summed E-state index contributed by atoms with van der Waals surface area (Å²) in [7, 11) is -2.46. The third-order valence-corrected chi connectivity index (χ3v) is 6.59. The Morgan fingerprint density at radius 3 is 1.85 bits per heavy atom. The van der Waals surface area contributed by atoms with Gasteiger partial charge in [-0.1, -0.05) is 46.0 Å². The molecule has 1 unspecified atom stereocenters. The van der Waals surface area contributed by atoms with E-state index in [2.05, 4.69) is 20.8 Å². The quantitative estimate of drug-likeness (QED) is 0.327. The lowest BCUT2D eigenvalue weighted by Gasteiger charge is -2.32. The summed E-state index contributed by atoms with van der Waals surface area (Å²) in [6, 6.07) is 0.959. The number of hydrogen-bond acceptors (Lipinski definition) is 3. The highest BCUT2D eigenvalue weighted by molar-refractivity contribution is 6.60. The first-order valence-electron chi connectivity index (χ1n) is 8.59. The summed E-state index contributed by atoms with van der Waals surface area (Å²) in [5.74, 6) is 0. The predicted molar refractivity (Wildman–Crippen MR) is 88.0 cm³/mol. The molecule has 0 aromatic carbocycles. The molecule has 0 rings (SSSR count). The van der Waals surface area contributed by atoms with Gasteiger partial charge in [-0.15, -0.1) is 0 Å². The van der Waals surface area contributed by atoms with Gasteiger partial charge in [0.15, 0.2) is 0 Å². The molecule has 0 radical (unpaired) electrons. The average molecular weight is 305 g/mol. The minimum atomic E-state index is -2.46. The third kappa shape index (κ3) is 9.11. The van der Waals surface area contributed by atoms with E-state index in [0.717, 1.165) is 18.9 Å². The second kappa shape index (κ2) is 12.8. The zero-order chi connectivity index (χ0) is 15.3. The zero-order valence-corrected chi connectivity index (χ0v) is 15.4. The first-order chi connectivity index (χ1) is 9.64. The van der Waals surface area contributed by atoms with Gasteiger partial charge in [0.05, 0.1) is 0 Å². The summed E-state index contributed by atoms with van der Waals surface area (Å²) in [6.45, 7) is 12.0. The Labute approximate surface area is 127 Å². The van der Waals surface area contributed by atoms with E-state index in [1.807, 2.05) is 13.8 Å². The molecule has 4 heteroatoms. The Morgan fingerprint density at radius 1 is 0.800 bits per heavy atom. The molecule has 20 heavy (non-hydrogen) atoms. The molecule has 0 aliphatic heterocycles. The van der Waals surface area contributed by atoms with Crippen LogP contribution in [0.1, 0.15) is 79.6 Å². The van der Waals surface area contributed by atoms with Crippen LogP contribution < -0.4 is 0 Å². The molecule has 0 aromatic heterocycles. The molecule has 0 saturated heterocycles. The van der Waals surface area contributed by atoms with Crippen molar-refractivity contribution < 1.29 is 13.3 Å². The summed E-state index contributed by atoms with van der Waals surface area (Å²) in [5.41, 5.74) is 0. The van der Waals surface area contributed by atoms with E-state index < -0.39 is 8.80 Å². The van der Waals surface area contributed by atoms with Crippen LogP contribution in [0.15, 0.2) is 0 Å². The molecule has 3 nitrogen and oxygen atoms in total. The van der Waals surface area contributed by atoms with Crippen molar-refractivity contribution in [3.8, 4) is 0 Å². The van der Waals surface area contributed by atoms with Gasteiger partial charge in [0.2, 0.25) is 0 Å². The van der Waals surface area contributed by atoms with Gasteiger partial charge in [-0.2, -0.15) is 0 Å². The van der Waals surface area contributed by atoms with Gasteiger partial charge in [-0.3, -0.25) is 0 Å². The Bertz CT molecular complexity index is 206. The average Bonchev–Trinajstić information content (AvgIpc) is 2.40. The van der Waals surface area contributed by atoms with Crippen LogP contribution in [-0.2, 0) is 13.3 Å². The number of unbranched alkanes of at least 4 members (excludes halogenated alkanes) is 4. The molecule has 0 amide bonds. The van der Waals surface area contributed by atoms with E-state index in [0.29, 0.717) is 13.2 Å². The van der Waals surface area contributed by atoms with Crippen LogP contribution in [0.25, 0.3) is 0 Å². The van der Waals surface area contributed by atoms with Crippen LogP contribution in [0.3, 0.4) is 0 Å². The van der Waals surface area contributed by atoms with E-state index in [1.54, 1.807) is 0 Å². The minimum Gasteiger partial charge on any atom is -0.374 e. The van der Waals surface area contributed by atoms with Crippen molar-refractivity contribution in [1.82, 2.24) is 0 Å². The first-order valence-corrected chi connectivity index (χ1v) is 10.5. The normalized spacial score (nSPS) is 13.7. The van der Waals surface area contributed by atoms with Gasteiger partial charge in [-0.05, 0) is 33.6 Å².